The average Bonchev–Trinajstić information content (AvgIpc) is 2.86. The van der Waals surface area contributed by atoms with Crippen LogP contribution in [-0.4, -0.2) is 35.0 Å². The predicted molar refractivity (Wildman–Crippen MR) is 63.1 cm³/mol. The van der Waals surface area contributed by atoms with Gasteiger partial charge < -0.3 is 10.0 Å². The highest BCUT2D eigenvalue weighted by Crippen LogP contribution is 2.29. The van der Waals surface area contributed by atoms with Crippen molar-refractivity contribution in [2.45, 2.75) is 12.6 Å². The van der Waals surface area contributed by atoms with Gasteiger partial charge in [-0.2, -0.15) is 13.2 Å². The number of carbonyl (C=O) groups excluding carboxylic acids is 1. The predicted octanol–water partition coefficient (Wildman–Crippen LogP) is 2.25. The van der Waals surface area contributed by atoms with Crippen LogP contribution in [0.15, 0.2) is 24.3 Å². The van der Waals surface area contributed by atoms with E-state index >= 15 is 0 Å². The highest BCUT2D eigenvalue weighted by atomic mass is 19.4. The van der Waals surface area contributed by atoms with Crippen molar-refractivity contribution < 1.29 is 27.9 Å². The Bertz CT molecular complexity index is 525. The van der Waals surface area contributed by atoms with Gasteiger partial charge in [0.05, 0.1) is 11.5 Å². The Labute approximate surface area is 112 Å². The zero-order valence-corrected chi connectivity index (χ0v) is 10.4. The zero-order chi connectivity index (χ0) is 14.9. The Morgan fingerprint density at radius 1 is 1.20 bits per heavy atom. The van der Waals surface area contributed by atoms with Crippen LogP contribution in [0, 0.1) is 5.92 Å². The summed E-state index contributed by atoms with van der Waals surface area (Å²) in [6, 6.07) is 3.91. The monoisotopic (exact) mass is 287 g/mol. The number of amides is 1. The number of benzene rings is 1. The molecular weight excluding hydrogens is 275 g/mol. The van der Waals surface area contributed by atoms with Crippen molar-refractivity contribution in [3.8, 4) is 0 Å². The summed E-state index contributed by atoms with van der Waals surface area (Å²) in [7, 11) is 0. The molecule has 0 saturated carbocycles. The van der Waals surface area contributed by atoms with E-state index in [1.165, 1.54) is 4.90 Å². The average molecular weight is 287 g/mol. The maximum absolute atomic E-state index is 12.4. The summed E-state index contributed by atoms with van der Waals surface area (Å²) < 4.78 is 37.2. The lowest BCUT2D eigenvalue weighted by Crippen LogP contribution is -2.29. The van der Waals surface area contributed by atoms with Gasteiger partial charge in [-0.25, -0.2) is 0 Å². The Morgan fingerprint density at radius 2 is 1.80 bits per heavy atom. The van der Waals surface area contributed by atoms with Gasteiger partial charge >= 0.3 is 12.1 Å². The molecule has 1 aromatic rings. The van der Waals surface area contributed by atoms with Crippen molar-refractivity contribution in [3.63, 3.8) is 0 Å². The van der Waals surface area contributed by atoms with Crippen LogP contribution in [0.1, 0.15) is 22.3 Å². The Morgan fingerprint density at radius 3 is 2.25 bits per heavy atom. The second kappa shape index (κ2) is 5.15. The smallest absolute Gasteiger partial charge is 0.416 e. The van der Waals surface area contributed by atoms with Crippen molar-refractivity contribution in [3.05, 3.63) is 35.4 Å². The molecule has 2 rings (SSSR count). The first-order valence-electron chi connectivity index (χ1n) is 5.98. The van der Waals surface area contributed by atoms with Crippen LogP contribution < -0.4 is 0 Å². The van der Waals surface area contributed by atoms with E-state index in [4.69, 9.17) is 5.11 Å². The number of alkyl halides is 3. The van der Waals surface area contributed by atoms with Crippen molar-refractivity contribution in [2.24, 2.45) is 5.92 Å². The lowest BCUT2D eigenvalue weighted by Gasteiger charge is -2.16. The molecule has 0 spiro atoms. The number of carbonyl (C=O) groups is 2. The van der Waals surface area contributed by atoms with Gasteiger partial charge in [0.2, 0.25) is 0 Å². The first kappa shape index (κ1) is 14.4. The SMILES string of the molecule is O=C(O)C1CCN(C(=O)c2ccc(C(F)(F)F)cc2)C1. The molecule has 1 aliphatic rings. The van der Waals surface area contributed by atoms with Gasteiger partial charge in [0, 0.05) is 18.7 Å². The summed E-state index contributed by atoms with van der Waals surface area (Å²) in [5, 5.41) is 8.85. The molecule has 1 aromatic carbocycles. The van der Waals surface area contributed by atoms with Gasteiger partial charge in [0.25, 0.3) is 5.91 Å². The molecule has 1 amide bonds. The number of likely N-dealkylation sites (tertiary alicyclic amines) is 1. The number of hydrogen-bond acceptors (Lipinski definition) is 2. The first-order chi connectivity index (χ1) is 9.29. The largest absolute Gasteiger partial charge is 0.481 e. The van der Waals surface area contributed by atoms with Crippen LogP contribution in [-0.2, 0) is 11.0 Å². The Hall–Kier alpha value is -2.05. The fraction of sp³-hybridized carbons (Fsp3) is 0.385. The second-order valence-electron chi connectivity index (χ2n) is 4.65. The van der Waals surface area contributed by atoms with Gasteiger partial charge in [0.15, 0.2) is 0 Å². The highest BCUT2D eigenvalue weighted by molar-refractivity contribution is 5.94. The summed E-state index contributed by atoms with van der Waals surface area (Å²) in [4.78, 5) is 24.2. The minimum atomic E-state index is -4.44. The number of rotatable bonds is 2. The number of carboxylic acids is 1. The number of nitrogens with zero attached hydrogens (tertiary/aromatic N) is 1. The van der Waals surface area contributed by atoms with Crippen molar-refractivity contribution in [1.29, 1.82) is 0 Å². The molecule has 1 fully saturated rings. The van der Waals surface area contributed by atoms with E-state index in [-0.39, 0.29) is 12.1 Å². The van der Waals surface area contributed by atoms with E-state index in [1.807, 2.05) is 0 Å². The number of carboxylic acid groups (broad SMARTS) is 1. The summed E-state index contributed by atoms with van der Waals surface area (Å²) in [6.07, 6.45) is -4.08. The van der Waals surface area contributed by atoms with Crippen LogP contribution >= 0.6 is 0 Å². The fourth-order valence-electron chi connectivity index (χ4n) is 2.13. The molecule has 0 aliphatic carbocycles. The van der Waals surface area contributed by atoms with E-state index in [1.54, 1.807) is 0 Å². The molecule has 20 heavy (non-hydrogen) atoms. The third-order valence-corrected chi connectivity index (χ3v) is 3.28. The maximum Gasteiger partial charge on any atom is 0.416 e. The van der Waals surface area contributed by atoms with Crippen molar-refractivity contribution >= 4 is 11.9 Å². The third-order valence-electron chi connectivity index (χ3n) is 3.28. The minimum absolute atomic E-state index is 0.0924. The molecule has 0 bridgehead atoms. The molecule has 1 atom stereocenters. The lowest BCUT2D eigenvalue weighted by molar-refractivity contribution is -0.141. The molecule has 7 heteroatoms. The Balaban J connectivity index is 2.09. The number of hydrogen-bond donors (Lipinski definition) is 1. The van der Waals surface area contributed by atoms with E-state index in [0.29, 0.717) is 13.0 Å². The molecule has 1 heterocycles. The van der Waals surface area contributed by atoms with Crippen molar-refractivity contribution in [1.82, 2.24) is 4.90 Å². The number of aliphatic carboxylic acids is 1. The van der Waals surface area contributed by atoms with Gasteiger partial charge in [0.1, 0.15) is 0 Å². The van der Waals surface area contributed by atoms with E-state index in [0.717, 1.165) is 24.3 Å². The topological polar surface area (TPSA) is 57.6 Å². The second-order valence-corrected chi connectivity index (χ2v) is 4.65. The van der Waals surface area contributed by atoms with Gasteiger partial charge in [-0.3, -0.25) is 9.59 Å². The molecule has 0 radical (unpaired) electrons. The molecule has 1 aliphatic heterocycles. The van der Waals surface area contributed by atoms with E-state index in [2.05, 4.69) is 0 Å². The lowest BCUT2D eigenvalue weighted by atomic mass is 10.1. The van der Waals surface area contributed by atoms with Gasteiger partial charge in [-0.05, 0) is 30.7 Å². The summed E-state index contributed by atoms with van der Waals surface area (Å²) >= 11 is 0. The van der Waals surface area contributed by atoms with Crippen LogP contribution in [0.3, 0.4) is 0 Å². The molecule has 0 aromatic heterocycles. The third kappa shape index (κ3) is 2.92. The maximum atomic E-state index is 12.4. The van der Waals surface area contributed by atoms with Gasteiger partial charge in [-0.1, -0.05) is 0 Å². The standard InChI is InChI=1S/C13H12F3NO3/c14-13(15,16)10-3-1-8(2-4-10)11(18)17-6-5-9(7-17)12(19)20/h1-4,9H,5-7H2,(H,19,20). The van der Waals surface area contributed by atoms with Crippen LogP contribution in [0.2, 0.25) is 0 Å². The normalized spacial score (nSPS) is 19.1. The molecule has 108 valence electrons. The molecule has 1 unspecified atom stereocenters. The molecular formula is C13H12F3NO3. The zero-order valence-electron chi connectivity index (χ0n) is 10.4. The molecule has 1 N–H and O–H groups in total. The van der Waals surface area contributed by atoms with E-state index in [9.17, 15) is 22.8 Å². The highest BCUT2D eigenvalue weighted by Gasteiger charge is 2.33. The van der Waals surface area contributed by atoms with Gasteiger partial charge in [-0.15, -0.1) is 0 Å². The number of halogens is 3. The summed E-state index contributed by atoms with van der Waals surface area (Å²) in [6.45, 7) is 0.395. The fourth-order valence-corrected chi connectivity index (χ4v) is 2.13. The van der Waals surface area contributed by atoms with Crippen molar-refractivity contribution in [2.75, 3.05) is 13.1 Å². The minimum Gasteiger partial charge on any atom is -0.481 e. The van der Waals surface area contributed by atoms with Crippen LogP contribution in [0.25, 0.3) is 0 Å². The molecule has 1 saturated heterocycles. The first-order valence-corrected chi connectivity index (χ1v) is 5.98. The summed E-state index contributed by atoms with van der Waals surface area (Å²) in [5.74, 6) is -2.01. The molecule has 4 nitrogen and oxygen atoms in total. The summed E-state index contributed by atoms with van der Waals surface area (Å²) in [5.41, 5.74) is -0.692. The Kier molecular flexibility index (Phi) is 3.69. The van der Waals surface area contributed by atoms with E-state index < -0.39 is 29.5 Å². The quantitative estimate of drug-likeness (QED) is 0.907. The van der Waals surface area contributed by atoms with Crippen LogP contribution in [0.5, 0.6) is 0 Å². The van der Waals surface area contributed by atoms with Crippen LogP contribution in [0.4, 0.5) is 13.2 Å².